The van der Waals surface area contributed by atoms with Gasteiger partial charge in [-0.1, -0.05) is 100 Å². The maximum atomic E-state index is 11.4. The molecule has 0 atom stereocenters. The van der Waals surface area contributed by atoms with Crippen molar-refractivity contribution in [3.05, 3.63) is 154 Å². The first-order chi connectivity index (χ1) is 26.5. The van der Waals surface area contributed by atoms with Crippen LogP contribution >= 0.6 is 34.0 Å². The van der Waals surface area contributed by atoms with Crippen molar-refractivity contribution in [1.29, 1.82) is 5.26 Å². The first-order valence-corrected chi connectivity index (χ1v) is 20.7. The summed E-state index contributed by atoms with van der Waals surface area (Å²) in [7, 11) is 0. The number of rotatable bonds is 6. The van der Waals surface area contributed by atoms with Crippen LogP contribution in [0.2, 0.25) is 0 Å². The number of nitriles is 1. The molecule has 0 aliphatic heterocycles. The van der Waals surface area contributed by atoms with Crippen molar-refractivity contribution in [2.45, 2.75) is 38.5 Å². The van der Waals surface area contributed by atoms with Crippen molar-refractivity contribution >= 4 is 81.9 Å². The fraction of sp³-hybridized carbons (Fsp3) is 0.125. The van der Waals surface area contributed by atoms with Gasteiger partial charge in [0.2, 0.25) is 0 Å². The monoisotopic (exact) mass is 766 g/mol. The lowest BCUT2D eigenvalue weighted by atomic mass is 9.82. The maximum absolute atomic E-state index is 11.4. The van der Waals surface area contributed by atoms with Crippen molar-refractivity contribution in [3.63, 3.8) is 0 Å². The Labute approximate surface area is 331 Å². The number of fused-ring (bicyclic) bond motifs is 9. The summed E-state index contributed by atoms with van der Waals surface area (Å²) in [6.45, 7) is 9.34. The summed E-state index contributed by atoms with van der Waals surface area (Å²) in [5, 5.41) is 18.6. The van der Waals surface area contributed by atoms with Crippen LogP contribution in [0.25, 0.3) is 57.6 Å². The minimum Gasteiger partial charge on any atom is -0.477 e. The van der Waals surface area contributed by atoms with Crippen LogP contribution in [0, 0.1) is 11.3 Å². The van der Waals surface area contributed by atoms with Gasteiger partial charge < -0.3 is 10.0 Å². The number of hydrogen-bond acceptors (Lipinski definition) is 6. The number of hydrogen-bond donors (Lipinski definition) is 1. The highest BCUT2D eigenvalue weighted by atomic mass is 32.1. The normalized spacial score (nSPS) is 14.7. The third-order valence-corrected chi connectivity index (χ3v) is 15.3. The van der Waals surface area contributed by atoms with Crippen molar-refractivity contribution in [1.82, 2.24) is 0 Å². The molecule has 266 valence electrons. The van der Waals surface area contributed by atoms with E-state index in [1.54, 1.807) is 28.7 Å². The SMILES string of the molecule is CC1(C)c2ccccc2-c2ccc(N(c3ccc(-c4cc5sc6cc(/C=C(\C#N)C(=O)O)sc6c5s4)cc3)c3ccc4c(c3)C(C)(C)c3ccccc3-4)cc21. The molecule has 7 heteroatoms. The average molecular weight is 767 g/mol. The highest BCUT2D eigenvalue weighted by Gasteiger charge is 2.37. The minimum atomic E-state index is -1.21. The molecule has 8 aromatic rings. The van der Waals surface area contributed by atoms with Gasteiger partial charge in [0.1, 0.15) is 11.6 Å². The molecule has 0 bridgehead atoms. The average Bonchev–Trinajstić information content (AvgIpc) is 3.96. The van der Waals surface area contributed by atoms with Crippen molar-refractivity contribution in [3.8, 4) is 38.8 Å². The van der Waals surface area contributed by atoms with E-state index in [9.17, 15) is 15.2 Å². The lowest BCUT2D eigenvalue weighted by Gasteiger charge is -2.30. The van der Waals surface area contributed by atoms with Gasteiger partial charge in [-0.15, -0.1) is 34.0 Å². The van der Waals surface area contributed by atoms with E-state index in [0.717, 1.165) is 36.9 Å². The van der Waals surface area contributed by atoms with E-state index < -0.39 is 5.97 Å². The Bertz CT molecular complexity index is 2880. The summed E-state index contributed by atoms with van der Waals surface area (Å²) in [6, 6.07) is 46.5. The number of carbonyl (C=O) groups is 1. The third kappa shape index (κ3) is 5.09. The van der Waals surface area contributed by atoms with Crippen LogP contribution in [-0.2, 0) is 15.6 Å². The first-order valence-electron chi connectivity index (χ1n) is 18.2. The number of benzene rings is 5. The molecule has 0 spiro atoms. The van der Waals surface area contributed by atoms with Crippen LogP contribution in [0.3, 0.4) is 0 Å². The van der Waals surface area contributed by atoms with Crippen LogP contribution in [0.15, 0.2) is 127 Å². The summed E-state index contributed by atoms with van der Waals surface area (Å²) in [4.78, 5) is 15.8. The molecular weight excluding hydrogens is 733 g/mol. The van der Waals surface area contributed by atoms with Crippen LogP contribution in [0.1, 0.15) is 54.8 Å². The first kappa shape index (κ1) is 33.8. The van der Waals surface area contributed by atoms with E-state index in [1.165, 1.54) is 76.2 Å². The predicted molar refractivity (Wildman–Crippen MR) is 232 cm³/mol. The second-order valence-corrected chi connectivity index (χ2v) is 18.6. The molecule has 0 radical (unpaired) electrons. The number of aliphatic carboxylic acids is 1. The molecule has 1 N–H and O–H groups in total. The fourth-order valence-electron chi connectivity index (χ4n) is 8.74. The van der Waals surface area contributed by atoms with Crippen LogP contribution in [-0.4, -0.2) is 11.1 Å². The number of thiophene rings is 3. The van der Waals surface area contributed by atoms with Crippen LogP contribution < -0.4 is 4.90 Å². The largest absolute Gasteiger partial charge is 0.477 e. The van der Waals surface area contributed by atoms with Gasteiger partial charge in [-0.05, 0) is 105 Å². The van der Waals surface area contributed by atoms with Crippen LogP contribution in [0.5, 0.6) is 0 Å². The molecule has 0 amide bonds. The third-order valence-electron chi connectivity index (χ3n) is 11.5. The van der Waals surface area contributed by atoms with E-state index in [4.69, 9.17) is 0 Å². The molecule has 0 saturated carbocycles. The Hall–Kier alpha value is -5.78. The lowest BCUT2D eigenvalue weighted by Crippen LogP contribution is -2.18. The highest BCUT2D eigenvalue weighted by molar-refractivity contribution is 7.39. The molecule has 0 unspecified atom stereocenters. The molecule has 10 rings (SSSR count). The van der Waals surface area contributed by atoms with Gasteiger partial charge in [0.25, 0.3) is 0 Å². The second kappa shape index (κ2) is 12.1. The van der Waals surface area contributed by atoms with E-state index >= 15 is 0 Å². The highest BCUT2D eigenvalue weighted by Crippen LogP contribution is 2.53. The summed E-state index contributed by atoms with van der Waals surface area (Å²) in [5.74, 6) is -1.21. The zero-order valence-corrected chi connectivity index (χ0v) is 33.0. The molecule has 55 heavy (non-hydrogen) atoms. The Morgan fingerprint density at radius 2 is 1.13 bits per heavy atom. The molecule has 3 heterocycles. The van der Waals surface area contributed by atoms with E-state index in [-0.39, 0.29) is 16.4 Å². The second-order valence-electron chi connectivity index (χ2n) is 15.4. The zero-order valence-electron chi connectivity index (χ0n) is 30.6. The summed E-state index contributed by atoms with van der Waals surface area (Å²) in [5.41, 5.74) is 14.7. The van der Waals surface area contributed by atoms with Gasteiger partial charge in [-0.2, -0.15) is 5.26 Å². The van der Waals surface area contributed by atoms with Crippen molar-refractivity contribution in [2.24, 2.45) is 0 Å². The van der Waals surface area contributed by atoms with Gasteiger partial charge >= 0.3 is 5.97 Å². The molecule has 2 aliphatic carbocycles. The van der Waals surface area contributed by atoms with Gasteiger partial charge in [0.15, 0.2) is 0 Å². The topological polar surface area (TPSA) is 64.3 Å². The smallest absolute Gasteiger partial charge is 0.346 e. The predicted octanol–water partition coefficient (Wildman–Crippen LogP) is 13.9. The molecule has 3 aromatic heterocycles. The van der Waals surface area contributed by atoms with E-state index in [1.807, 2.05) is 6.07 Å². The molecule has 2 aliphatic rings. The Morgan fingerprint density at radius 1 is 0.618 bits per heavy atom. The molecule has 0 saturated heterocycles. The molecule has 5 aromatic carbocycles. The zero-order chi connectivity index (χ0) is 37.8. The Kier molecular flexibility index (Phi) is 7.44. The van der Waals surface area contributed by atoms with Crippen LogP contribution in [0.4, 0.5) is 17.1 Å². The Balaban J connectivity index is 1.07. The van der Waals surface area contributed by atoms with Gasteiger partial charge in [-0.3, -0.25) is 0 Å². The van der Waals surface area contributed by atoms with E-state index in [0.29, 0.717) is 0 Å². The lowest BCUT2D eigenvalue weighted by molar-refractivity contribution is -0.132. The number of carboxylic acid groups (broad SMARTS) is 1. The van der Waals surface area contributed by atoms with Gasteiger partial charge in [0, 0.05) is 47.0 Å². The summed E-state index contributed by atoms with van der Waals surface area (Å²) >= 11 is 5.00. The maximum Gasteiger partial charge on any atom is 0.346 e. The number of anilines is 3. The molecule has 4 nitrogen and oxygen atoms in total. The standard InChI is InChI=1S/C48H34N2O2S3/c1-47(2)37-11-7-5-9-33(37)35-19-17-30(22-39(35)47)50(31-18-20-36-34-10-6-8-12-38(34)48(3,4)40(36)23-31)29-15-13-27(14-16-29)41-25-43-45(55-41)44-42(54-43)24-32(53-44)21-28(26-49)46(51)52/h5-25H,1-4H3,(H,51,52)/b28-21+. The molecule has 0 fully saturated rings. The quantitative estimate of drug-likeness (QED) is 0.135. The van der Waals surface area contributed by atoms with Gasteiger partial charge in [0.05, 0.1) is 9.40 Å². The molecular formula is C48H34N2O2S3. The number of carboxylic acids is 1. The Morgan fingerprint density at radius 3 is 1.69 bits per heavy atom. The summed E-state index contributed by atoms with van der Waals surface area (Å²) in [6.07, 6.45) is 1.46. The summed E-state index contributed by atoms with van der Waals surface area (Å²) < 4.78 is 4.66. The van der Waals surface area contributed by atoms with Crippen molar-refractivity contribution < 1.29 is 9.90 Å². The minimum absolute atomic E-state index is 0.121. The fourth-order valence-corrected chi connectivity index (χ4v) is 12.7. The van der Waals surface area contributed by atoms with E-state index in [2.05, 4.69) is 148 Å². The van der Waals surface area contributed by atoms with Crippen molar-refractivity contribution in [2.75, 3.05) is 4.90 Å². The number of nitrogens with zero attached hydrogens (tertiary/aromatic N) is 2. The van der Waals surface area contributed by atoms with Gasteiger partial charge in [-0.25, -0.2) is 4.79 Å².